The fourth-order valence-corrected chi connectivity index (χ4v) is 2.30. The molecular formula is C18H20ClNO3. The van der Waals surface area contributed by atoms with Crippen molar-refractivity contribution in [3.8, 4) is 11.5 Å². The maximum absolute atomic E-state index is 12.1. The first-order valence-corrected chi connectivity index (χ1v) is 7.85. The van der Waals surface area contributed by atoms with Crippen molar-refractivity contribution >= 4 is 17.5 Å². The summed E-state index contributed by atoms with van der Waals surface area (Å²) in [5.41, 5.74) is 1.72. The zero-order chi connectivity index (χ0) is 16.7. The summed E-state index contributed by atoms with van der Waals surface area (Å²) in [6.07, 6.45) is 0. The van der Waals surface area contributed by atoms with Crippen LogP contribution in [-0.2, 0) is 11.3 Å². The van der Waals surface area contributed by atoms with Crippen molar-refractivity contribution < 1.29 is 14.3 Å². The molecule has 2 aromatic carbocycles. The van der Waals surface area contributed by atoms with E-state index >= 15 is 0 Å². The fourth-order valence-electron chi connectivity index (χ4n) is 2.07. The number of nitrogens with one attached hydrogen (secondary N) is 1. The van der Waals surface area contributed by atoms with Crippen molar-refractivity contribution in [3.63, 3.8) is 0 Å². The Hall–Kier alpha value is -2.20. The molecule has 1 atom stereocenters. The summed E-state index contributed by atoms with van der Waals surface area (Å²) >= 11 is 6.21. The molecule has 0 spiro atoms. The van der Waals surface area contributed by atoms with Gasteiger partial charge in [-0.05, 0) is 42.3 Å². The monoisotopic (exact) mass is 333 g/mol. The van der Waals surface area contributed by atoms with Crippen LogP contribution in [0.5, 0.6) is 11.5 Å². The highest BCUT2D eigenvalue weighted by Crippen LogP contribution is 2.23. The van der Waals surface area contributed by atoms with Crippen LogP contribution in [0.15, 0.2) is 48.5 Å². The lowest BCUT2D eigenvalue weighted by Crippen LogP contribution is -2.26. The largest absolute Gasteiger partial charge is 0.497 e. The van der Waals surface area contributed by atoms with Crippen molar-refractivity contribution in [1.29, 1.82) is 0 Å². The van der Waals surface area contributed by atoms with E-state index in [1.165, 1.54) is 0 Å². The van der Waals surface area contributed by atoms with Gasteiger partial charge in [-0.3, -0.25) is 4.79 Å². The first-order chi connectivity index (χ1) is 11.1. The maximum Gasteiger partial charge on any atom is 0.242 e. The molecule has 4 nitrogen and oxygen atoms in total. The third-order valence-corrected chi connectivity index (χ3v) is 3.79. The molecule has 0 bridgehead atoms. The summed E-state index contributed by atoms with van der Waals surface area (Å²) in [4.78, 5) is 12.1. The number of hydrogen-bond donors (Lipinski definition) is 1. The molecule has 0 heterocycles. The SMILES string of the molecule is CCOc1ccc(CNC(=O)C(Cl)c2ccc(OC)cc2)cc1. The molecule has 0 aromatic heterocycles. The lowest BCUT2D eigenvalue weighted by Gasteiger charge is -2.12. The minimum absolute atomic E-state index is 0.231. The first kappa shape index (κ1) is 17.2. The smallest absolute Gasteiger partial charge is 0.242 e. The van der Waals surface area contributed by atoms with E-state index in [4.69, 9.17) is 21.1 Å². The van der Waals surface area contributed by atoms with E-state index in [2.05, 4.69) is 5.32 Å². The number of halogens is 1. The molecule has 0 aliphatic heterocycles. The number of carbonyl (C=O) groups is 1. The van der Waals surface area contributed by atoms with Crippen molar-refractivity contribution in [3.05, 3.63) is 59.7 Å². The van der Waals surface area contributed by atoms with Crippen LogP contribution in [0.25, 0.3) is 0 Å². The molecule has 0 fully saturated rings. The van der Waals surface area contributed by atoms with E-state index < -0.39 is 5.38 Å². The van der Waals surface area contributed by atoms with E-state index in [0.29, 0.717) is 13.2 Å². The van der Waals surface area contributed by atoms with Crippen molar-refractivity contribution in [2.24, 2.45) is 0 Å². The Morgan fingerprint density at radius 3 is 2.26 bits per heavy atom. The average Bonchev–Trinajstić information content (AvgIpc) is 2.60. The van der Waals surface area contributed by atoms with Gasteiger partial charge < -0.3 is 14.8 Å². The summed E-state index contributed by atoms with van der Waals surface area (Å²) < 4.78 is 10.5. The van der Waals surface area contributed by atoms with Gasteiger partial charge in [-0.25, -0.2) is 0 Å². The van der Waals surface area contributed by atoms with Crippen molar-refractivity contribution in [1.82, 2.24) is 5.32 Å². The molecule has 0 saturated carbocycles. The lowest BCUT2D eigenvalue weighted by molar-refractivity contribution is -0.121. The van der Waals surface area contributed by atoms with Crippen molar-refractivity contribution in [2.75, 3.05) is 13.7 Å². The van der Waals surface area contributed by atoms with E-state index in [0.717, 1.165) is 22.6 Å². The van der Waals surface area contributed by atoms with Crippen molar-refractivity contribution in [2.45, 2.75) is 18.8 Å². The first-order valence-electron chi connectivity index (χ1n) is 7.41. The molecule has 0 aliphatic carbocycles. The van der Waals surface area contributed by atoms with Gasteiger partial charge in [-0.2, -0.15) is 0 Å². The minimum atomic E-state index is -0.733. The van der Waals surface area contributed by atoms with Crippen LogP contribution >= 0.6 is 11.6 Å². The second kappa shape index (κ2) is 8.44. The second-order valence-corrected chi connectivity index (χ2v) is 5.37. The number of ether oxygens (including phenoxy) is 2. The standard InChI is InChI=1S/C18H20ClNO3/c1-3-23-16-8-4-13(5-9-16)12-20-18(21)17(19)14-6-10-15(22-2)11-7-14/h4-11,17H,3,12H2,1-2H3,(H,20,21). The van der Waals surface area contributed by atoms with Crippen LogP contribution < -0.4 is 14.8 Å². The third-order valence-electron chi connectivity index (χ3n) is 3.34. The number of amides is 1. The van der Waals surface area contributed by atoms with Gasteiger partial charge in [0.1, 0.15) is 16.9 Å². The molecule has 23 heavy (non-hydrogen) atoms. The Labute approximate surface area is 141 Å². The lowest BCUT2D eigenvalue weighted by atomic mass is 10.1. The molecular weight excluding hydrogens is 314 g/mol. The number of methoxy groups -OCH3 is 1. The number of rotatable bonds is 7. The summed E-state index contributed by atoms with van der Waals surface area (Å²) in [7, 11) is 1.59. The second-order valence-electron chi connectivity index (χ2n) is 4.93. The predicted molar refractivity (Wildman–Crippen MR) is 91.0 cm³/mol. The molecule has 0 saturated heterocycles. The highest BCUT2D eigenvalue weighted by molar-refractivity contribution is 6.30. The fraction of sp³-hybridized carbons (Fsp3) is 0.278. The summed E-state index contributed by atoms with van der Waals surface area (Å²) in [5.74, 6) is 1.31. The van der Waals surface area contributed by atoms with Crippen LogP contribution in [-0.4, -0.2) is 19.6 Å². The summed E-state index contributed by atoms with van der Waals surface area (Å²) in [6, 6.07) is 14.7. The molecule has 0 radical (unpaired) electrons. The molecule has 0 aliphatic rings. The molecule has 2 rings (SSSR count). The molecule has 1 N–H and O–H groups in total. The quantitative estimate of drug-likeness (QED) is 0.786. The topological polar surface area (TPSA) is 47.6 Å². The zero-order valence-electron chi connectivity index (χ0n) is 13.2. The molecule has 2 aromatic rings. The molecule has 122 valence electrons. The normalized spacial score (nSPS) is 11.6. The van der Waals surface area contributed by atoms with Crippen LogP contribution in [0.4, 0.5) is 0 Å². The van der Waals surface area contributed by atoms with E-state index in [-0.39, 0.29) is 5.91 Å². The molecule has 5 heteroatoms. The minimum Gasteiger partial charge on any atom is -0.497 e. The Balaban J connectivity index is 1.90. The Morgan fingerprint density at radius 2 is 1.70 bits per heavy atom. The van der Waals surface area contributed by atoms with E-state index in [1.54, 1.807) is 31.4 Å². The Bertz CT molecular complexity index is 626. The van der Waals surface area contributed by atoms with Gasteiger partial charge in [0.05, 0.1) is 13.7 Å². The maximum atomic E-state index is 12.1. The predicted octanol–water partition coefficient (Wildman–Crippen LogP) is 3.69. The van der Waals surface area contributed by atoms with Crippen LogP contribution in [0.3, 0.4) is 0 Å². The van der Waals surface area contributed by atoms with Gasteiger partial charge in [-0.1, -0.05) is 24.3 Å². The average molecular weight is 334 g/mol. The number of benzene rings is 2. The summed E-state index contributed by atoms with van der Waals surface area (Å²) in [6.45, 7) is 2.99. The number of hydrogen-bond acceptors (Lipinski definition) is 3. The zero-order valence-corrected chi connectivity index (χ0v) is 14.0. The van der Waals surface area contributed by atoms with Crippen LogP contribution in [0.2, 0.25) is 0 Å². The van der Waals surface area contributed by atoms with Gasteiger partial charge in [0.15, 0.2) is 0 Å². The molecule has 1 amide bonds. The van der Waals surface area contributed by atoms with E-state index in [1.807, 2.05) is 31.2 Å². The third kappa shape index (κ3) is 4.89. The van der Waals surface area contributed by atoms with Gasteiger partial charge in [0.2, 0.25) is 5.91 Å². The van der Waals surface area contributed by atoms with Gasteiger partial charge in [0.25, 0.3) is 0 Å². The van der Waals surface area contributed by atoms with Gasteiger partial charge >= 0.3 is 0 Å². The number of carbonyl (C=O) groups excluding carboxylic acids is 1. The Morgan fingerprint density at radius 1 is 1.09 bits per heavy atom. The van der Waals surface area contributed by atoms with Gasteiger partial charge in [0, 0.05) is 6.54 Å². The highest BCUT2D eigenvalue weighted by atomic mass is 35.5. The number of alkyl halides is 1. The van der Waals surface area contributed by atoms with Crippen LogP contribution in [0, 0.1) is 0 Å². The van der Waals surface area contributed by atoms with E-state index in [9.17, 15) is 4.79 Å². The Kier molecular flexibility index (Phi) is 6.29. The molecule has 1 unspecified atom stereocenters. The highest BCUT2D eigenvalue weighted by Gasteiger charge is 2.17. The summed E-state index contributed by atoms with van der Waals surface area (Å²) in [5, 5.41) is 2.10. The van der Waals surface area contributed by atoms with Gasteiger partial charge in [-0.15, -0.1) is 11.6 Å². The van der Waals surface area contributed by atoms with Crippen LogP contribution in [0.1, 0.15) is 23.4 Å².